The van der Waals surface area contributed by atoms with Crippen molar-refractivity contribution in [3.8, 4) is 0 Å². The summed E-state index contributed by atoms with van der Waals surface area (Å²) >= 11 is 5.46. The highest BCUT2D eigenvalue weighted by Gasteiger charge is 2.08. The van der Waals surface area contributed by atoms with Crippen LogP contribution < -0.4 is 0 Å². The summed E-state index contributed by atoms with van der Waals surface area (Å²) in [5.41, 5.74) is 0. The zero-order chi connectivity index (χ0) is 8.48. The highest BCUT2D eigenvalue weighted by Crippen LogP contribution is 2.13. The molecule has 0 spiro atoms. The maximum Gasteiger partial charge on any atom is 0.295 e. The highest BCUT2D eigenvalue weighted by molar-refractivity contribution is 7.85. The Morgan fingerprint density at radius 3 is 2.55 bits per heavy atom. The molecule has 0 amide bonds. The van der Waals surface area contributed by atoms with E-state index in [-0.39, 0.29) is 9.92 Å². The molecule has 0 aliphatic carbocycles. The zero-order valence-electron chi connectivity index (χ0n) is 5.28. The van der Waals surface area contributed by atoms with E-state index in [0.29, 0.717) is 0 Å². The number of halogens is 1. The molecule has 1 aromatic carbocycles. The maximum atomic E-state index is 10.5. The first-order valence-corrected chi connectivity index (χ1v) is 4.47. The average molecular weight is 192 g/mol. The normalized spacial score (nSPS) is 11.5. The van der Waals surface area contributed by atoms with E-state index < -0.39 is 10.1 Å². The first kappa shape index (κ1) is 8.52. The van der Waals surface area contributed by atoms with E-state index >= 15 is 0 Å². The van der Waals surface area contributed by atoms with Crippen molar-refractivity contribution in [2.24, 2.45) is 0 Å². The van der Waals surface area contributed by atoms with E-state index in [1.165, 1.54) is 12.1 Å². The van der Waals surface area contributed by atoms with E-state index in [0.717, 1.165) is 6.07 Å². The number of hydrogen-bond acceptors (Lipinski definition) is 2. The van der Waals surface area contributed by atoms with Crippen molar-refractivity contribution in [2.45, 2.75) is 4.90 Å². The molecule has 1 aromatic rings. The van der Waals surface area contributed by atoms with Gasteiger partial charge in [0, 0.05) is 11.1 Å². The Morgan fingerprint density at radius 1 is 1.55 bits per heavy atom. The minimum atomic E-state index is -4.17. The fourth-order valence-electron chi connectivity index (χ4n) is 0.567. The Balaban J connectivity index is 3.28. The molecule has 5 heteroatoms. The smallest absolute Gasteiger partial charge is 0.282 e. The van der Waals surface area contributed by atoms with Crippen molar-refractivity contribution < 1.29 is 13.0 Å². The van der Waals surface area contributed by atoms with Crippen LogP contribution in [0.15, 0.2) is 23.1 Å². The van der Waals surface area contributed by atoms with Crippen molar-refractivity contribution >= 4 is 21.7 Å². The number of rotatable bonds is 1. The van der Waals surface area contributed by atoms with Gasteiger partial charge in [-0.15, -0.1) is 0 Å². The van der Waals surface area contributed by atoms with Crippen molar-refractivity contribution in [2.75, 3.05) is 0 Å². The first-order chi connectivity index (χ1) is 5.00. The molecule has 0 aromatic heterocycles. The molecule has 3 nitrogen and oxygen atoms in total. The SMILES string of the molecule is O=S(=O)(O)c1[c]ccc(Cl)c1. The van der Waals surface area contributed by atoms with Gasteiger partial charge in [-0.3, -0.25) is 4.55 Å². The van der Waals surface area contributed by atoms with E-state index in [1.54, 1.807) is 0 Å². The second-order valence-electron chi connectivity index (χ2n) is 1.85. The van der Waals surface area contributed by atoms with Crippen LogP contribution in [-0.2, 0) is 10.1 Å². The lowest BCUT2D eigenvalue weighted by Gasteiger charge is -1.94. The minimum absolute atomic E-state index is 0.247. The van der Waals surface area contributed by atoms with E-state index in [1.807, 2.05) is 0 Å². The lowest BCUT2D eigenvalue weighted by Crippen LogP contribution is -1.97. The predicted molar refractivity (Wildman–Crippen MR) is 40.1 cm³/mol. The molecular formula is C6H4ClO3S. The van der Waals surface area contributed by atoms with Gasteiger partial charge in [0.25, 0.3) is 10.1 Å². The standard InChI is InChI=1S/C6H4ClO3S/c7-5-2-1-3-6(4-5)11(8,9)10/h1-2,4H,(H,8,9,10). The monoisotopic (exact) mass is 191 g/mol. The van der Waals surface area contributed by atoms with Crippen LogP contribution in [-0.4, -0.2) is 13.0 Å². The van der Waals surface area contributed by atoms with Gasteiger partial charge in [-0.1, -0.05) is 17.7 Å². The van der Waals surface area contributed by atoms with E-state index in [4.69, 9.17) is 16.2 Å². The van der Waals surface area contributed by atoms with Crippen LogP contribution in [0.2, 0.25) is 5.02 Å². The second kappa shape index (κ2) is 2.81. The van der Waals surface area contributed by atoms with E-state index in [2.05, 4.69) is 6.07 Å². The third-order valence-electron chi connectivity index (χ3n) is 1.02. The van der Waals surface area contributed by atoms with Crippen LogP contribution in [0.25, 0.3) is 0 Å². The molecule has 0 aliphatic rings. The fourth-order valence-corrected chi connectivity index (χ4v) is 1.30. The van der Waals surface area contributed by atoms with Crippen molar-refractivity contribution in [1.82, 2.24) is 0 Å². The molecule has 0 bridgehead atoms. The Labute approximate surface area is 69.4 Å². The largest absolute Gasteiger partial charge is 0.295 e. The topological polar surface area (TPSA) is 54.4 Å². The fraction of sp³-hybridized carbons (Fsp3) is 0. The average Bonchev–Trinajstić information content (AvgIpc) is 1.86. The predicted octanol–water partition coefficient (Wildman–Crippen LogP) is 1.39. The Hall–Kier alpha value is -0.580. The zero-order valence-corrected chi connectivity index (χ0v) is 6.85. The molecule has 1 radical (unpaired) electrons. The van der Waals surface area contributed by atoms with Crippen LogP contribution in [0.3, 0.4) is 0 Å². The Morgan fingerprint density at radius 2 is 2.18 bits per heavy atom. The molecular weight excluding hydrogens is 188 g/mol. The molecule has 11 heavy (non-hydrogen) atoms. The summed E-state index contributed by atoms with van der Waals surface area (Å²) in [5, 5.41) is 0.247. The third-order valence-corrected chi connectivity index (χ3v) is 2.04. The summed E-state index contributed by atoms with van der Waals surface area (Å²) in [4.78, 5) is -0.315. The summed E-state index contributed by atoms with van der Waals surface area (Å²) in [7, 11) is -4.17. The van der Waals surface area contributed by atoms with Crippen LogP contribution >= 0.6 is 11.6 Å². The van der Waals surface area contributed by atoms with Gasteiger partial charge in [0.1, 0.15) is 4.90 Å². The van der Waals surface area contributed by atoms with Crippen LogP contribution in [0.4, 0.5) is 0 Å². The van der Waals surface area contributed by atoms with Gasteiger partial charge in [-0.25, -0.2) is 0 Å². The molecule has 0 atom stereocenters. The summed E-state index contributed by atoms with van der Waals surface area (Å²) < 4.78 is 29.4. The van der Waals surface area contributed by atoms with Gasteiger partial charge >= 0.3 is 0 Å². The summed E-state index contributed by atoms with van der Waals surface area (Å²) in [5.74, 6) is 0. The molecule has 0 saturated carbocycles. The van der Waals surface area contributed by atoms with Gasteiger partial charge in [0.05, 0.1) is 0 Å². The van der Waals surface area contributed by atoms with E-state index in [9.17, 15) is 8.42 Å². The van der Waals surface area contributed by atoms with Crippen molar-refractivity contribution in [3.63, 3.8) is 0 Å². The van der Waals surface area contributed by atoms with Gasteiger partial charge in [-0.2, -0.15) is 8.42 Å². The Bertz CT molecular complexity index is 358. The molecule has 59 valence electrons. The number of benzene rings is 1. The van der Waals surface area contributed by atoms with Gasteiger partial charge in [0.15, 0.2) is 0 Å². The summed E-state index contributed by atoms with van der Waals surface area (Å²) in [6.07, 6.45) is 0. The lowest BCUT2D eigenvalue weighted by atomic mass is 10.4. The van der Waals surface area contributed by atoms with Gasteiger partial charge in [-0.05, 0) is 12.1 Å². The highest BCUT2D eigenvalue weighted by atomic mass is 35.5. The van der Waals surface area contributed by atoms with Gasteiger partial charge in [0.2, 0.25) is 0 Å². The Kier molecular flexibility index (Phi) is 2.17. The molecule has 0 heterocycles. The second-order valence-corrected chi connectivity index (χ2v) is 3.67. The van der Waals surface area contributed by atoms with Crippen molar-refractivity contribution in [3.05, 3.63) is 29.3 Å². The van der Waals surface area contributed by atoms with Crippen molar-refractivity contribution in [1.29, 1.82) is 0 Å². The molecule has 0 unspecified atom stereocenters. The summed E-state index contributed by atoms with van der Waals surface area (Å²) in [6.45, 7) is 0. The number of hydrogen-bond donors (Lipinski definition) is 1. The maximum absolute atomic E-state index is 10.5. The molecule has 0 aliphatic heterocycles. The van der Waals surface area contributed by atoms with Gasteiger partial charge < -0.3 is 0 Å². The lowest BCUT2D eigenvalue weighted by molar-refractivity contribution is 0.483. The molecule has 1 rings (SSSR count). The minimum Gasteiger partial charge on any atom is -0.282 e. The molecule has 0 fully saturated rings. The molecule has 1 N–H and O–H groups in total. The van der Waals surface area contributed by atoms with Crippen LogP contribution in [0.5, 0.6) is 0 Å². The van der Waals surface area contributed by atoms with Crippen LogP contribution in [0, 0.1) is 6.07 Å². The summed E-state index contributed by atoms with van der Waals surface area (Å²) in [6, 6.07) is 6.24. The first-order valence-electron chi connectivity index (χ1n) is 2.65. The molecule has 0 saturated heterocycles. The quantitative estimate of drug-likeness (QED) is 0.683. The third kappa shape index (κ3) is 2.18. The van der Waals surface area contributed by atoms with Crippen LogP contribution in [0.1, 0.15) is 0 Å².